The van der Waals surface area contributed by atoms with E-state index in [2.05, 4.69) is 21.5 Å². The van der Waals surface area contributed by atoms with E-state index in [1.165, 1.54) is 18.6 Å². The highest BCUT2D eigenvalue weighted by Crippen LogP contribution is 2.40. The molecule has 0 aliphatic carbocycles. The molecule has 0 amide bonds. The molecule has 90 valence electrons. The van der Waals surface area contributed by atoms with Gasteiger partial charge in [0, 0.05) is 17.5 Å². The van der Waals surface area contributed by atoms with Crippen molar-refractivity contribution >= 4 is 28.7 Å². The van der Waals surface area contributed by atoms with Gasteiger partial charge in [-0.2, -0.15) is 11.8 Å². The largest absolute Gasteiger partial charge is 0.369 e. The smallest absolute Gasteiger partial charge is 0.201 e. The van der Waals surface area contributed by atoms with Gasteiger partial charge in [0.1, 0.15) is 5.52 Å². The molecule has 0 radical (unpaired) electrons. The third kappa shape index (κ3) is 1.88. The first-order valence-corrected chi connectivity index (χ1v) is 6.86. The van der Waals surface area contributed by atoms with Gasteiger partial charge in [0.25, 0.3) is 0 Å². The predicted molar refractivity (Wildman–Crippen MR) is 72.0 cm³/mol. The van der Waals surface area contributed by atoms with Crippen LogP contribution in [0.15, 0.2) is 18.5 Å². The summed E-state index contributed by atoms with van der Waals surface area (Å²) in [5.74, 6) is 1.85. The van der Waals surface area contributed by atoms with Crippen molar-refractivity contribution in [2.75, 3.05) is 11.5 Å². The molecular weight excluding hydrogens is 232 g/mol. The van der Waals surface area contributed by atoms with Crippen LogP contribution in [0.4, 0.5) is 5.95 Å². The summed E-state index contributed by atoms with van der Waals surface area (Å²) in [6.07, 6.45) is 6.12. The van der Waals surface area contributed by atoms with E-state index in [0.29, 0.717) is 10.7 Å². The third-order valence-electron chi connectivity index (χ3n) is 3.37. The fourth-order valence-electron chi connectivity index (χ4n) is 2.46. The fraction of sp³-hybridized carbons (Fsp3) is 0.500. The van der Waals surface area contributed by atoms with Crippen LogP contribution < -0.4 is 5.73 Å². The minimum Gasteiger partial charge on any atom is -0.369 e. The van der Waals surface area contributed by atoms with E-state index >= 15 is 0 Å². The Bertz CT molecular complexity index is 542. The van der Waals surface area contributed by atoms with Gasteiger partial charge in [0.15, 0.2) is 0 Å². The monoisotopic (exact) mass is 248 g/mol. The van der Waals surface area contributed by atoms with E-state index in [9.17, 15) is 0 Å². The van der Waals surface area contributed by atoms with Crippen LogP contribution in [0.1, 0.15) is 19.8 Å². The molecule has 3 heterocycles. The van der Waals surface area contributed by atoms with E-state index in [1.54, 1.807) is 12.4 Å². The van der Waals surface area contributed by atoms with Crippen LogP contribution in [0.3, 0.4) is 0 Å². The highest BCUT2D eigenvalue weighted by molar-refractivity contribution is 8.00. The van der Waals surface area contributed by atoms with E-state index in [4.69, 9.17) is 5.73 Å². The number of nitrogens with two attached hydrogens (primary N) is 1. The first-order chi connectivity index (χ1) is 8.18. The van der Waals surface area contributed by atoms with Crippen LogP contribution in [0, 0.1) is 0 Å². The summed E-state index contributed by atoms with van der Waals surface area (Å²) in [4.78, 5) is 8.44. The number of nitrogen functional groups attached to an aromatic ring is 1. The lowest BCUT2D eigenvalue weighted by Gasteiger charge is -2.24. The van der Waals surface area contributed by atoms with Gasteiger partial charge in [0.2, 0.25) is 5.95 Å². The molecule has 17 heavy (non-hydrogen) atoms. The molecule has 1 aliphatic rings. The number of hydrogen-bond donors (Lipinski definition) is 1. The Morgan fingerprint density at radius 3 is 3.24 bits per heavy atom. The maximum atomic E-state index is 6.01. The minimum atomic E-state index is 0.297. The van der Waals surface area contributed by atoms with Gasteiger partial charge in [0.05, 0.1) is 11.7 Å². The maximum Gasteiger partial charge on any atom is 0.201 e. The highest BCUT2D eigenvalue weighted by Gasteiger charge is 2.31. The zero-order valence-electron chi connectivity index (χ0n) is 9.89. The zero-order chi connectivity index (χ0) is 11.9. The summed E-state index contributed by atoms with van der Waals surface area (Å²) >= 11 is 2.04. The normalized spacial score (nSPS) is 24.5. The minimum absolute atomic E-state index is 0.297. The van der Waals surface area contributed by atoms with Crippen molar-refractivity contribution in [3.8, 4) is 0 Å². The first-order valence-electron chi connectivity index (χ1n) is 5.88. The molecule has 4 nitrogen and oxygen atoms in total. The summed E-state index contributed by atoms with van der Waals surface area (Å²) in [6.45, 7) is 3.25. The molecular formula is C12H16N4S. The number of anilines is 1. The molecule has 0 bridgehead atoms. The first kappa shape index (κ1) is 10.9. The molecule has 3 rings (SSSR count). The van der Waals surface area contributed by atoms with Crippen LogP contribution in [0.2, 0.25) is 0 Å². The second-order valence-electron chi connectivity index (χ2n) is 4.82. The Morgan fingerprint density at radius 2 is 2.47 bits per heavy atom. The van der Waals surface area contributed by atoms with Crippen LogP contribution in [-0.4, -0.2) is 25.0 Å². The third-order valence-corrected chi connectivity index (χ3v) is 4.90. The number of nitrogens with zero attached hydrogens (tertiary/aromatic N) is 3. The SMILES string of the molecule is CC1(Cn2c(N)nc3cnccc32)CCCS1. The Labute approximate surface area is 105 Å². The molecule has 1 saturated heterocycles. The lowest BCUT2D eigenvalue weighted by atomic mass is 10.1. The van der Waals surface area contributed by atoms with Crippen LogP contribution in [-0.2, 0) is 6.54 Å². The van der Waals surface area contributed by atoms with Crippen molar-refractivity contribution < 1.29 is 0 Å². The molecule has 1 unspecified atom stereocenters. The number of imidazole rings is 1. The van der Waals surface area contributed by atoms with Crippen molar-refractivity contribution in [1.29, 1.82) is 0 Å². The Kier molecular flexibility index (Phi) is 2.50. The van der Waals surface area contributed by atoms with Crippen LogP contribution in [0.25, 0.3) is 11.0 Å². The molecule has 2 aromatic heterocycles. The topological polar surface area (TPSA) is 56.7 Å². The van der Waals surface area contributed by atoms with E-state index in [1.807, 2.05) is 17.8 Å². The van der Waals surface area contributed by atoms with Crippen molar-refractivity contribution in [2.45, 2.75) is 31.1 Å². The Balaban J connectivity index is 2.02. The lowest BCUT2D eigenvalue weighted by Crippen LogP contribution is -2.24. The standard InChI is InChI=1S/C12H16N4S/c1-12(4-2-6-17-12)8-16-10-3-5-14-7-9(10)15-11(16)13/h3,5,7H,2,4,6,8H2,1H3,(H2,13,15). The van der Waals surface area contributed by atoms with Gasteiger partial charge in [-0.05, 0) is 31.6 Å². The molecule has 0 spiro atoms. The fourth-order valence-corrected chi connectivity index (χ4v) is 3.75. The summed E-state index contributed by atoms with van der Waals surface area (Å²) in [6, 6.07) is 1.99. The quantitative estimate of drug-likeness (QED) is 0.886. The van der Waals surface area contributed by atoms with Gasteiger partial charge < -0.3 is 10.3 Å². The van der Waals surface area contributed by atoms with Crippen molar-refractivity contribution in [2.24, 2.45) is 0 Å². The molecule has 1 fully saturated rings. The molecule has 2 aromatic rings. The molecule has 2 N–H and O–H groups in total. The number of pyridine rings is 1. The van der Waals surface area contributed by atoms with Gasteiger partial charge in [-0.3, -0.25) is 4.98 Å². The average Bonchev–Trinajstić information content (AvgIpc) is 2.86. The van der Waals surface area contributed by atoms with Crippen LogP contribution in [0.5, 0.6) is 0 Å². The van der Waals surface area contributed by atoms with E-state index in [-0.39, 0.29) is 0 Å². The number of aromatic nitrogens is 3. The lowest BCUT2D eigenvalue weighted by molar-refractivity contribution is 0.522. The number of rotatable bonds is 2. The summed E-state index contributed by atoms with van der Waals surface area (Å²) in [5, 5.41) is 0. The Morgan fingerprint density at radius 1 is 1.59 bits per heavy atom. The second kappa shape index (κ2) is 3.91. The van der Waals surface area contributed by atoms with Crippen molar-refractivity contribution in [1.82, 2.24) is 14.5 Å². The molecule has 1 atom stereocenters. The molecule has 1 aliphatic heterocycles. The maximum absolute atomic E-state index is 6.01. The predicted octanol–water partition coefficient (Wildman–Crippen LogP) is 2.30. The molecule has 0 aromatic carbocycles. The average molecular weight is 248 g/mol. The zero-order valence-corrected chi connectivity index (χ0v) is 10.7. The van der Waals surface area contributed by atoms with E-state index < -0.39 is 0 Å². The molecule has 5 heteroatoms. The van der Waals surface area contributed by atoms with E-state index in [0.717, 1.165) is 17.6 Å². The van der Waals surface area contributed by atoms with Gasteiger partial charge >= 0.3 is 0 Å². The van der Waals surface area contributed by atoms with Crippen molar-refractivity contribution in [3.05, 3.63) is 18.5 Å². The van der Waals surface area contributed by atoms with Gasteiger partial charge in [-0.15, -0.1) is 0 Å². The molecule has 0 saturated carbocycles. The summed E-state index contributed by atoms with van der Waals surface area (Å²) < 4.78 is 2.42. The highest BCUT2D eigenvalue weighted by atomic mass is 32.2. The number of fused-ring (bicyclic) bond motifs is 1. The number of hydrogen-bond acceptors (Lipinski definition) is 4. The number of thioether (sulfide) groups is 1. The summed E-state index contributed by atoms with van der Waals surface area (Å²) in [7, 11) is 0. The van der Waals surface area contributed by atoms with Gasteiger partial charge in [-0.1, -0.05) is 0 Å². The van der Waals surface area contributed by atoms with Gasteiger partial charge in [-0.25, -0.2) is 4.98 Å². The Hall–Kier alpha value is -1.23. The van der Waals surface area contributed by atoms with Crippen LogP contribution >= 0.6 is 11.8 Å². The second-order valence-corrected chi connectivity index (χ2v) is 6.50. The van der Waals surface area contributed by atoms with Crippen molar-refractivity contribution in [3.63, 3.8) is 0 Å². The summed E-state index contributed by atoms with van der Waals surface area (Å²) in [5.41, 5.74) is 7.98.